The third-order valence-electron chi connectivity index (χ3n) is 2.13. The van der Waals surface area contributed by atoms with Gasteiger partial charge in [-0.25, -0.2) is 0 Å². The molecule has 0 spiro atoms. The van der Waals surface area contributed by atoms with Gasteiger partial charge in [-0.2, -0.15) is 0 Å². The maximum atomic E-state index is 11.5. The zero-order valence-electron chi connectivity index (χ0n) is 9.56. The summed E-state index contributed by atoms with van der Waals surface area (Å²) in [6, 6.07) is 7.15. The van der Waals surface area contributed by atoms with Crippen LogP contribution in [-0.4, -0.2) is 23.7 Å². The second-order valence-corrected chi connectivity index (χ2v) is 3.34. The van der Waals surface area contributed by atoms with Gasteiger partial charge in [0.2, 0.25) is 0 Å². The maximum Gasteiger partial charge on any atom is 0.253 e. The van der Waals surface area contributed by atoms with Crippen LogP contribution in [0.5, 0.6) is 5.75 Å². The Kier molecular flexibility index (Phi) is 4.79. The number of amides is 1. The number of hydrogen-bond donors (Lipinski definition) is 2. The minimum atomic E-state index is -0.977. The summed E-state index contributed by atoms with van der Waals surface area (Å²) in [6.07, 6.45) is -0.586. The van der Waals surface area contributed by atoms with Crippen LogP contribution < -0.4 is 10.1 Å². The van der Waals surface area contributed by atoms with Crippen molar-refractivity contribution in [3.05, 3.63) is 24.3 Å². The fourth-order valence-corrected chi connectivity index (χ4v) is 1.25. The Labute approximate surface area is 95.2 Å². The number of rotatable bonds is 5. The van der Waals surface area contributed by atoms with E-state index in [1.165, 1.54) is 0 Å². The fraction of sp³-hybridized carbons (Fsp3) is 0.417. The Morgan fingerprint density at radius 1 is 1.44 bits per heavy atom. The standard InChI is InChI=1S/C12H17NO3/c1-3-10(14)12(15)13-9-7-5-6-8-11(9)16-4-2/h5-8,10,14H,3-4H2,1-2H3,(H,13,15). The average Bonchev–Trinajstić information content (AvgIpc) is 2.31. The summed E-state index contributed by atoms with van der Waals surface area (Å²) in [5, 5.41) is 12.0. The second-order valence-electron chi connectivity index (χ2n) is 3.34. The largest absolute Gasteiger partial charge is 0.492 e. The van der Waals surface area contributed by atoms with E-state index in [1.807, 2.05) is 13.0 Å². The SMILES string of the molecule is CCOc1ccccc1NC(=O)C(O)CC. The van der Waals surface area contributed by atoms with Gasteiger partial charge in [0.25, 0.3) is 5.91 Å². The van der Waals surface area contributed by atoms with Crippen LogP contribution in [0.3, 0.4) is 0 Å². The number of para-hydroxylation sites is 2. The van der Waals surface area contributed by atoms with Crippen LogP contribution in [0, 0.1) is 0 Å². The lowest BCUT2D eigenvalue weighted by atomic mass is 10.2. The number of anilines is 1. The molecule has 0 heterocycles. The molecular formula is C12H17NO3. The molecule has 16 heavy (non-hydrogen) atoms. The first kappa shape index (κ1) is 12.5. The van der Waals surface area contributed by atoms with Gasteiger partial charge in [-0.1, -0.05) is 19.1 Å². The van der Waals surface area contributed by atoms with Gasteiger partial charge < -0.3 is 15.2 Å². The Hall–Kier alpha value is -1.55. The van der Waals surface area contributed by atoms with Gasteiger partial charge in [-0.15, -0.1) is 0 Å². The summed E-state index contributed by atoms with van der Waals surface area (Å²) in [6.45, 7) is 4.15. The zero-order chi connectivity index (χ0) is 12.0. The van der Waals surface area contributed by atoms with Crippen LogP contribution in [0.4, 0.5) is 5.69 Å². The van der Waals surface area contributed by atoms with Crippen molar-refractivity contribution in [3.63, 3.8) is 0 Å². The van der Waals surface area contributed by atoms with Gasteiger partial charge >= 0.3 is 0 Å². The van der Waals surface area contributed by atoms with Crippen molar-refractivity contribution in [2.45, 2.75) is 26.4 Å². The van der Waals surface area contributed by atoms with Crippen LogP contribution in [0.1, 0.15) is 20.3 Å². The second kappa shape index (κ2) is 6.12. The van der Waals surface area contributed by atoms with Gasteiger partial charge in [0.1, 0.15) is 11.9 Å². The van der Waals surface area contributed by atoms with Gasteiger partial charge in [0.05, 0.1) is 12.3 Å². The highest BCUT2D eigenvalue weighted by Gasteiger charge is 2.14. The highest BCUT2D eigenvalue weighted by atomic mass is 16.5. The van der Waals surface area contributed by atoms with E-state index in [4.69, 9.17) is 4.74 Å². The number of aliphatic hydroxyl groups excluding tert-OH is 1. The molecule has 88 valence electrons. The van der Waals surface area contributed by atoms with Crippen molar-refractivity contribution >= 4 is 11.6 Å². The Morgan fingerprint density at radius 2 is 2.12 bits per heavy atom. The first-order chi connectivity index (χ1) is 7.69. The Balaban J connectivity index is 2.76. The fourth-order valence-electron chi connectivity index (χ4n) is 1.25. The van der Waals surface area contributed by atoms with E-state index in [0.29, 0.717) is 24.5 Å². The predicted molar refractivity (Wildman–Crippen MR) is 62.5 cm³/mol. The first-order valence-corrected chi connectivity index (χ1v) is 5.39. The number of ether oxygens (including phenoxy) is 1. The molecular weight excluding hydrogens is 206 g/mol. The van der Waals surface area contributed by atoms with Crippen molar-refractivity contribution in [2.24, 2.45) is 0 Å². The number of benzene rings is 1. The molecule has 1 atom stereocenters. The molecule has 0 bridgehead atoms. The first-order valence-electron chi connectivity index (χ1n) is 5.39. The number of hydrogen-bond acceptors (Lipinski definition) is 3. The van der Waals surface area contributed by atoms with Crippen LogP contribution in [0.2, 0.25) is 0 Å². The van der Waals surface area contributed by atoms with Crippen LogP contribution >= 0.6 is 0 Å². The molecule has 0 saturated heterocycles. The molecule has 0 fully saturated rings. The molecule has 1 rings (SSSR count). The highest BCUT2D eigenvalue weighted by molar-refractivity contribution is 5.95. The van der Waals surface area contributed by atoms with Crippen molar-refractivity contribution in [1.29, 1.82) is 0 Å². The van der Waals surface area contributed by atoms with Crippen molar-refractivity contribution in [1.82, 2.24) is 0 Å². The maximum absolute atomic E-state index is 11.5. The van der Waals surface area contributed by atoms with Gasteiger partial charge in [-0.3, -0.25) is 4.79 Å². The Morgan fingerprint density at radius 3 is 2.75 bits per heavy atom. The third kappa shape index (κ3) is 3.24. The van der Waals surface area contributed by atoms with E-state index in [0.717, 1.165) is 0 Å². The van der Waals surface area contributed by atoms with E-state index in [1.54, 1.807) is 25.1 Å². The number of nitrogens with one attached hydrogen (secondary N) is 1. The molecule has 4 nitrogen and oxygen atoms in total. The van der Waals surface area contributed by atoms with Crippen LogP contribution in [0.25, 0.3) is 0 Å². The van der Waals surface area contributed by atoms with Gasteiger partial charge in [-0.05, 0) is 25.5 Å². The zero-order valence-corrected chi connectivity index (χ0v) is 9.56. The van der Waals surface area contributed by atoms with E-state index in [2.05, 4.69) is 5.32 Å². The molecule has 1 aromatic carbocycles. The number of carbonyl (C=O) groups excluding carboxylic acids is 1. The molecule has 0 aliphatic rings. The predicted octanol–water partition coefficient (Wildman–Crippen LogP) is 1.79. The molecule has 1 aromatic rings. The van der Waals surface area contributed by atoms with E-state index in [9.17, 15) is 9.90 Å². The minimum absolute atomic E-state index is 0.392. The highest BCUT2D eigenvalue weighted by Crippen LogP contribution is 2.23. The quantitative estimate of drug-likeness (QED) is 0.800. The number of aliphatic hydroxyl groups is 1. The molecule has 0 aromatic heterocycles. The molecule has 4 heteroatoms. The van der Waals surface area contributed by atoms with Crippen LogP contribution in [-0.2, 0) is 4.79 Å². The average molecular weight is 223 g/mol. The van der Waals surface area contributed by atoms with E-state index in [-0.39, 0.29) is 0 Å². The van der Waals surface area contributed by atoms with E-state index < -0.39 is 12.0 Å². The summed E-state index contributed by atoms with van der Waals surface area (Å²) >= 11 is 0. The summed E-state index contributed by atoms with van der Waals surface area (Å²) in [5.74, 6) is 0.205. The summed E-state index contributed by atoms with van der Waals surface area (Å²) in [7, 11) is 0. The molecule has 0 radical (unpaired) electrons. The minimum Gasteiger partial charge on any atom is -0.492 e. The lowest BCUT2D eigenvalue weighted by Gasteiger charge is -2.13. The van der Waals surface area contributed by atoms with Crippen molar-refractivity contribution in [3.8, 4) is 5.75 Å². The molecule has 0 saturated carbocycles. The van der Waals surface area contributed by atoms with Crippen molar-refractivity contribution in [2.75, 3.05) is 11.9 Å². The number of carbonyl (C=O) groups is 1. The summed E-state index contributed by atoms with van der Waals surface area (Å²) in [5.41, 5.74) is 0.585. The monoisotopic (exact) mass is 223 g/mol. The summed E-state index contributed by atoms with van der Waals surface area (Å²) in [4.78, 5) is 11.5. The molecule has 1 amide bonds. The van der Waals surface area contributed by atoms with E-state index >= 15 is 0 Å². The molecule has 1 unspecified atom stereocenters. The van der Waals surface area contributed by atoms with Gasteiger partial charge in [0.15, 0.2) is 0 Å². The molecule has 0 aliphatic carbocycles. The van der Waals surface area contributed by atoms with Crippen molar-refractivity contribution < 1.29 is 14.6 Å². The van der Waals surface area contributed by atoms with Gasteiger partial charge in [0, 0.05) is 0 Å². The lowest BCUT2D eigenvalue weighted by Crippen LogP contribution is -2.26. The lowest BCUT2D eigenvalue weighted by molar-refractivity contribution is -0.124. The molecule has 0 aliphatic heterocycles. The van der Waals surface area contributed by atoms with Crippen LogP contribution in [0.15, 0.2) is 24.3 Å². The molecule has 2 N–H and O–H groups in total. The Bertz CT molecular complexity index is 352. The smallest absolute Gasteiger partial charge is 0.253 e. The summed E-state index contributed by atoms with van der Waals surface area (Å²) < 4.78 is 5.35. The normalized spacial score (nSPS) is 11.9. The topological polar surface area (TPSA) is 58.6 Å². The third-order valence-corrected chi connectivity index (χ3v) is 2.13.